The Labute approximate surface area is 125 Å². The summed E-state index contributed by atoms with van der Waals surface area (Å²) in [5.74, 6) is 0.870. The number of nitrogens with one attached hydrogen (secondary N) is 1. The van der Waals surface area contributed by atoms with Crippen LogP contribution in [-0.4, -0.2) is 12.1 Å². The first-order valence-electron chi connectivity index (χ1n) is 6.75. The first-order valence-corrected chi connectivity index (χ1v) is 7.63. The van der Waals surface area contributed by atoms with Gasteiger partial charge < -0.3 is 10.1 Å². The molecule has 0 aliphatic carbocycles. The Kier molecular flexibility index (Phi) is 4.33. The number of thiazole rings is 1. The van der Waals surface area contributed by atoms with Crippen LogP contribution in [0.5, 0.6) is 5.75 Å². The molecule has 0 radical (unpaired) electrons. The fourth-order valence-electron chi connectivity index (χ4n) is 2.03. The maximum Gasteiger partial charge on any atom is 0.141 e. The molecule has 1 N–H and O–H groups in total. The van der Waals surface area contributed by atoms with Crippen LogP contribution in [0.25, 0.3) is 0 Å². The molecule has 2 aromatic rings. The van der Waals surface area contributed by atoms with Crippen molar-refractivity contribution in [1.29, 1.82) is 0 Å². The van der Waals surface area contributed by atoms with Crippen LogP contribution >= 0.6 is 11.3 Å². The Bertz CT molecular complexity index is 558. The average molecular weight is 290 g/mol. The summed E-state index contributed by atoms with van der Waals surface area (Å²) in [4.78, 5) is 5.35. The molecule has 1 unspecified atom stereocenters. The van der Waals surface area contributed by atoms with Crippen molar-refractivity contribution >= 4 is 17.0 Å². The van der Waals surface area contributed by atoms with Crippen LogP contribution in [0.1, 0.15) is 44.2 Å². The molecule has 0 aliphatic heterocycles. The Hall–Kier alpha value is -1.55. The van der Waals surface area contributed by atoms with Crippen LogP contribution in [0.15, 0.2) is 29.9 Å². The largest absolute Gasteiger partial charge is 0.495 e. The number of methoxy groups -OCH3 is 1. The van der Waals surface area contributed by atoms with Gasteiger partial charge >= 0.3 is 0 Å². The van der Waals surface area contributed by atoms with Gasteiger partial charge in [0.1, 0.15) is 5.75 Å². The van der Waals surface area contributed by atoms with E-state index in [2.05, 4.69) is 50.1 Å². The zero-order chi connectivity index (χ0) is 14.8. The number of hydrogen-bond donors (Lipinski definition) is 1. The monoisotopic (exact) mass is 290 g/mol. The number of benzene rings is 1. The second-order valence-electron chi connectivity index (χ2n) is 5.93. The van der Waals surface area contributed by atoms with Crippen molar-refractivity contribution in [2.45, 2.75) is 39.2 Å². The van der Waals surface area contributed by atoms with Gasteiger partial charge in [-0.15, -0.1) is 11.3 Å². The number of nitrogens with zero attached hydrogens (tertiary/aromatic N) is 1. The molecule has 0 spiro atoms. The van der Waals surface area contributed by atoms with E-state index in [0.717, 1.165) is 11.4 Å². The Balaban J connectivity index is 2.29. The number of rotatable bonds is 4. The summed E-state index contributed by atoms with van der Waals surface area (Å²) in [7, 11) is 1.70. The lowest BCUT2D eigenvalue weighted by Gasteiger charge is -2.23. The summed E-state index contributed by atoms with van der Waals surface area (Å²) < 4.78 is 5.46. The molecular formula is C16H22N2OS. The van der Waals surface area contributed by atoms with Crippen molar-refractivity contribution < 1.29 is 4.74 Å². The van der Waals surface area contributed by atoms with E-state index >= 15 is 0 Å². The Morgan fingerprint density at radius 3 is 2.60 bits per heavy atom. The van der Waals surface area contributed by atoms with E-state index in [1.807, 2.05) is 17.8 Å². The lowest BCUT2D eigenvalue weighted by atomic mass is 9.86. The lowest BCUT2D eigenvalue weighted by Crippen LogP contribution is -2.13. The SMILES string of the molecule is COc1ccc(C(C)(C)C)cc1NC(C)c1cncs1. The van der Waals surface area contributed by atoms with E-state index in [1.165, 1.54) is 10.4 Å². The molecule has 108 valence electrons. The third-order valence-corrected chi connectivity index (χ3v) is 4.27. The zero-order valence-electron chi connectivity index (χ0n) is 12.7. The van der Waals surface area contributed by atoms with Crippen molar-refractivity contribution in [2.24, 2.45) is 0 Å². The van der Waals surface area contributed by atoms with E-state index in [-0.39, 0.29) is 11.5 Å². The maximum absolute atomic E-state index is 5.46. The molecular weight excluding hydrogens is 268 g/mol. The third kappa shape index (κ3) is 3.31. The smallest absolute Gasteiger partial charge is 0.141 e. The van der Waals surface area contributed by atoms with Crippen LogP contribution in [0.4, 0.5) is 5.69 Å². The predicted molar refractivity (Wildman–Crippen MR) is 85.8 cm³/mol. The summed E-state index contributed by atoms with van der Waals surface area (Å²) in [6.45, 7) is 8.78. The third-order valence-electron chi connectivity index (χ3n) is 3.32. The molecule has 3 nitrogen and oxygen atoms in total. The van der Waals surface area contributed by atoms with Crippen molar-refractivity contribution in [3.05, 3.63) is 40.3 Å². The molecule has 4 heteroatoms. The standard InChI is InChI=1S/C16H22N2OS/c1-11(15-9-17-10-20-15)18-13-8-12(16(2,3)4)6-7-14(13)19-5/h6-11,18H,1-5H3. The van der Waals surface area contributed by atoms with Gasteiger partial charge in [-0.3, -0.25) is 4.98 Å². The lowest BCUT2D eigenvalue weighted by molar-refractivity contribution is 0.415. The Morgan fingerprint density at radius 1 is 1.30 bits per heavy atom. The molecule has 1 aromatic carbocycles. The molecule has 0 saturated carbocycles. The van der Waals surface area contributed by atoms with Crippen LogP contribution in [0, 0.1) is 0 Å². The molecule has 0 fully saturated rings. The van der Waals surface area contributed by atoms with Gasteiger partial charge in [0, 0.05) is 11.1 Å². The summed E-state index contributed by atoms with van der Waals surface area (Å²) in [5, 5.41) is 3.52. The van der Waals surface area contributed by atoms with E-state index in [0.29, 0.717) is 0 Å². The molecule has 2 rings (SSSR count). The summed E-state index contributed by atoms with van der Waals surface area (Å²) in [6.07, 6.45) is 1.91. The van der Waals surface area contributed by atoms with E-state index < -0.39 is 0 Å². The van der Waals surface area contributed by atoms with E-state index in [1.54, 1.807) is 18.4 Å². The molecule has 1 atom stereocenters. The minimum Gasteiger partial charge on any atom is -0.495 e. The Morgan fingerprint density at radius 2 is 2.05 bits per heavy atom. The topological polar surface area (TPSA) is 34.1 Å². The highest BCUT2D eigenvalue weighted by Gasteiger charge is 2.17. The predicted octanol–water partition coefficient (Wildman–Crippen LogP) is 4.62. The van der Waals surface area contributed by atoms with E-state index in [9.17, 15) is 0 Å². The highest BCUT2D eigenvalue weighted by molar-refractivity contribution is 7.09. The molecule has 0 aliphatic rings. The number of ether oxygens (including phenoxy) is 1. The van der Waals surface area contributed by atoms with Crippen molar-refractivity contribution in [3.63, 3.8) is 0 Å². The molecule has 0 bridgehead atoms. The van der Waals surface area contributed by atoms with Gasteiger partial charge in [0.2, 0.25) is 0 Å². The molecule has 0 saturated heterocycles. The van der Waals surface area contributed by atoms with Crippen LogP contribution in [-0.2, 0) is 5.41 Å². The first kappa shape index (κ1) is 14.9. The molecule has 1 aromatic heterocycles. The number of aromatic nitrogens is 1. The zero-order valence-corrected chi connectivity index (χ0v) is 13.5. The van der Waals surface area contributed by atoms with Gasteiger partial charge in [-0.25, -0.2) is 0 Å². The molecule has 1 heterocycles. The van der Waals surface area contributed by atoms with Gasteiger partial charge in [-0.2, -0.15) is 0 Å². The highest BCUT2D eigenvalue weighted by atomic mass is 32.1. The maximum atomic E-state index is 5.46. The minimum atomic E-state index is 0.121. The van der Waals surface area contributed by atoms with Gasteiger partial charge in [0.05, 0.1) is 24.3 Å². The van der Waals surface area contributed by atoms with Gasteiger partial charge in [0.25, 0.3) is 0 Å². The molecule has 20 heavy (non-hydrogen) atoms. The number of hydrogen-bond acceptors (Lipinski definition) is 4. The summed E-state index contributed by atoms with van der Waals surface area (Å²) >= 11 is 1.66. The molecule has 0 amide bonds. The summed E-state index contributed by atoms with van der Waals surface area (Å²) in [6, 6.07) is 6.55. The summed E-state index contributed by atoms with van der Waals surface area (Å²) in [5.41, 5.74) is 4.30. The van der Waals surface area contributed by atoms with Crippen LogP contribution < -0.4 is 10.1 Å². The number of anilines is 1. The minimum absolute atomic E-state index is 0.121. The second kappa shape index (κ2) is 5.83. The van der Waals surface area contributed by atoms with Crippen LogP contribution in [0.2, 0.25) is 0 Å². The quantitative estimate of drug-likeness (QED) is 0.892. The highest BCUT2D eigenvalue weighted by Crippen LogP contribution is 2.33. The average Bonchev–Trinajstić information content (AvgIpc) is 2.91. The van der Waals surface area contributed by atoms with Crippen molar-refractivity contribution in [3.8, 4) is 5.75 Å². The fraction of sp³-hybridized carbons (Fsp3) is 0.438. The second-order valence-corrected chi connectivity index (χ2v) is 6.85. The van der Waals surface area contributed by atoms with Gasteiger partial charge in [0.15, 0.2) is 0 Å². The van der Waals surface area contributed by atoms with Crippen LogP contribution in [0.3, 0.4) is 0 Å². The van der Waals surface area contributed by atoms with Gasteiger partial charge in [-0.1, -0.05) is 26.8 Å². The van der Waals surface area contributed by atoms with Crippen molar-refractivity contribution in [1.82, 2.24) is 4.98 Å². The van der Waals surface area contributed by atoms with E-state index in [4.69, 9.17) is 4.74 Å². The normalized spacial score (nSPS) is 13.1. The van der Waals surface area contributed by atoms with Crippen molar-refractivity contribution in [2.75, 3.05) is 12.4 Å². The van der Waals surface area contributed by atoms with Gasteiger partial charge in [-0.05, 0) is 30.0 Å². The fourth-order valence-corrected chi connectivity index (χ4v) is 2.66. The first-order chi connectivity index (χ1) is 9.41.